The summed E-state index contributed by atoms with van der Waals surface area (Å²) in [6, 6.07) is 13.4. The highest BCUT2D eigenvalue weighted by Crippen LogP contribution is 2.24. The standard InChI is InChI=1S/C27H35ClFN3O/c28-25-8-5-9-26(29)24(25)20-32-16-6-7-23(19-32)27(33)30-17-21-10-12-22(13-11-21)18-31-14-3-1-2-4-15-31/h5,8-13,23H,1-4,6-7,14-20H2,(H,30,33). The molecule has 0 bridgehead atoms. The SMILES string of the molecule is O=C(NCc1ccc(CN2CCCCCC2)cc1)C1CCCN(Cc2c(F)cccc2Cl)C1. The summed E-state index contributed by atoms with van der Waals surface area (Å²) in [5, 5.41) is 3.55. The number of rotatable bonds is 7. The van der Waals surface area contributed by atoms with Crippen molar-refractivity contribution in [1.82, 2.24) is 15.1 Å². The molecule has 4 rings (SSSR count). The second kappa shape index (κ2) is 12.0. The molecule has 1 unspecified atom stereocenters. The summed E-state index contributed by atoms with van der Waals surface area (Å²) >= 11 is 6.19. The van der Waals surface area contributed by atoms with Crippen molar-refractivity contribution in [2.75, 3.05) is 26.2 Å². The van der Waals surface area contributed by atoms with E-state index in [1.54, 1.807) is 12.1 Å². The van der Waals surface area contributed by atoms with Gasteiger partial charge in [-0.3, -0.25) is 14.6 Å². The molecule has 0 aliphatic carbocycles. The molecule has 4 nitrogen and oxygen atoms in total. The summed E-state index contributed by atoms with van der Waals surface area (Å²) in [5.41, 5.74) is 2.97. The van der Waals surface area contributed by atoms with Crippen LogP contribution in [0.5, 0.6) is 0 Å². The maximum Gasteiger partial charge on any atom is 0.224 e. The average Bonchev–Trinajstić information content (AvgIpc) is 3.10. The Morgan fingerprint density at radius 2 is 1.61 bits per heavy atom. The zero-order chi connectivity index (χ0) is 23.0. The van der Waals surface area contributed by atoms with Gasteiger partial charge in [-0.05, 0) is 68.6 Å². The molecule has 6 heteroatoms. The Balaban J connectivity index is 1.25. The maximum atomic E-state index is 14.2. The lowest BCUT2D eigenvalue weighted by Crippen LogP contribution is -2.42. The van der Waals surface area contributed by atoms with E-state index in [0.29, 0.717) is 30.2 Å². The van der Waals surface area contributed by atoms with E-state index in [0.717, 1.165) is 31.5 Å². The highest BCUT2D eigenvalue weighted by molar-refractivity contribution is 6.31. The molecular formula is C27H35ClFN3O. The molecule has 2 aromatic rings. The number of nitrogens with zero attached hydrogens (tertiary/aromatic N) is 2. The third kappa shape index (κ3) is 7.02. The monoisotopic (exact) mass is 471 g/mol. The third-order valence-corrected chi connectivity index (χ3v) is 7.27. The van der Waals surface area contributed by atoms with Gasteiger partial charge in [0.2, 0.25) is 5.91 Å². The van der Waals surface area contributed by atoms with E-state index in [-0.39, 0.29) is 17.6 Å². The molecule has 2 fully saturated rings. The van der Waals surface area contributed by atoms with Gasteiger partial charge in [0.25, 0.3) is 0 Å². The van der Waals surface area contributed by atoms with E-state index in [4.69, 9.17) is 11.6 Å². The number of carbonyl (C=O) groups excluding carboxylic acids is 1. The summed E-state index contributed by atoms with van der Waals surface area (Å²) < 4.78 is 14.2. The lowest BCUT2D eigenvalue weighted by molar-refractivity contribution is -0.126. The predicted molar refractivity (Wildman–Crippen MR) is 131 cm³/mol. The first-order valence-electron chi connectivity index (χ1n) is 12.3. The van der Waals surface area contributed by atoms with Crippen LogP contribution in [0.1, 0.15) is 55.2 Å². The summed E-state index contributed by atoms with van der Waals surface area (Å²) in [5.74, 6) is -0.284. The summed E-state index contributed by atoms with van der Waals surface area (Å²) in [6.45, 7) is 5.86. The Hall–Kier alpha value is -1.95. The number of benzene rings is 2. The number of carbonyl (C=O) groups is 1. The Morgan fingerprint density at radius 1 is 0.909 bits per heavy atom. The van der Waals surface area contributed by atoms with Gasteiger partial charge in [0.1, 0.15) is 5.82 Å². The Bertz CT molecular complexity index is 892. The van der Waals surface area contributed by atoms with E-state index in [9.17, 15) is 9.18 Å². The van der Waals surface area contributed by atoms with Gasteiger partial charge in [0, 0.05) is 36.8 Å². The van der Waals surface area contributed by atoms with Crippen LogP contribution in [0.3, 0.4) is 0 Å². The van der Waals surface area contributed by atoms with Gasteiger partial charge in [-0.2, -0.15) is 0 Å². The molecule has 1 amide bonds. The van der Waals surface area contributed by atoms with Crippen molar-refractivity contribution in [2.45, 2.75) is 58.2 Å². The van der Waals surface area contributed by atoms with Crippen molar-refractivity contribution in [3.63, 3.8) is 0 Å². The van der Waals surface area contributed by atoms with Crippen LogP contribution >= 0.6 is 11.6 Å². The zero-order valence-corrected chi connectivity index (χ0v) is 20.1. The fourth-order valence-electron chi connectivity index (χ4n) is 4.97. The van der Waals surface area contributed by atoms with Crippen molar-refractivity contribution in [1.29, 1.82) is 0 Å². The fourth-order valence-corrected chi connectivity index (χ4v) is 5.19. The van der Waals surface area contributed by atoms with E-state index < -0.39 is 0 Å². The summed E-state index contributed by atoms with van der Waals surface area (Å²) in [6.07, 6.45) is 7.10. The minimum Gasteiger partial charge on any atom is -0.352 e. The third-order valence-electron chi connectivity index (χ3n) is 6.91. The minimum absolute atomic E-state index is 0.0768. The van der Waals surface area contributed by atoms with Gasteiger partial charge in [-0.15, -0.1) is 0 Å². The molecule has 1 N–H and O–H groups in total. The van der Waals surface area contributed by atoms with E-state index >= 15 is 0 Å². The van der Waals surface area contributed by atoms with Crippen molar-refractivity contribution >= 4 is 17.5 Å². The number of piperidine rings is 1. The number of nitrogens with one attached hydrogen (secondary N) is 1. The van der Waals surface area contributed by atoms with E-state index in [1.807, 2.05) is 0 Å². The molecule has 2 saturated heterocycles. The number of hydrogen-bond donors (Lipinski definition) is 1. The average molecular weight is 472 g/mol. The molecule has 2 aromatic carbocycles. The number of amides is 1. The van der Waals surface area contributed by atoms with Crippen LogP contribution in [0.25, 0.3) is 0 Å². The lowest BCUT2D eigenvalue weighted by Gasteiger charge is -2.32. The lowest BCUT2D eigenvalue weighted by atomic mass is 9.96. The molecule has 0 spiro atoms. The second-order valence-electron chi connectivity index (χ2n) is 9.50. The number of likely N-dealkylation sites (tertiary alicyclic amines) is 2. The number of hydrogen-bond acceptors (Lipinski definition) is 3. The van der Waals surface area contributed by atoms with Crippen molar-refractivity contribution in [3.05, 3.63) is 70.0 Å². The first-order chi connectivity index (χ1) is 16.1. The highest BCUT2D eigenvalue weighted by Gasteiger charge is 2.26. The zero-order valence-electron chi connectivity index (χ0n) is 19.4. The minimum atomic E-state index is -0.284. The topological polar surface area (TPSA) is 35.6 Å². The van der Waals surface area contributed by atoms with Gasteiger partial charge in [0.05, 0.1) is 5.92 Å². The van der Waals surface area contributed by atoms with Crippen LogP contribution in [0, 0.1) is 11.7 Å². The van der Waals surface area contributed by atoms with Crippen LogP contribution in [-0.4, -0.2) is 41.9 Å². The van der Waals surface area contributed by atoms with Gasteiger partial charge >= 0.3 is 0 Å². The second-order valence-corrected chi connectivity index (χ2v) is 9.91. The molecule has 0 aromatic heterocycles. The molecule has 33 heavy (non-hydrogen) atoms. The van der Waals surface area contributed by atoms with Gasteiger partial charge in [-0.25, -0.2) is 4.39 Å². The Labute approximate surface area is 202 Å². The normalized spacial score (nSPS) is 20.4. The van der Waals surface area contributed by atoms with Gasteiger partial charge in [-0.1, -0.05) is 54.8 Å². The van der Waals surface area contributed by atoms with Crippen LogP contribution in [0.4, 0.5) is 4.39 Å². The van der Waals surface area contributed by atoms with Crippen molar-refractivity contribution < 1.29 is 9.18 Å². The molecule has 0 saturated carbocycles. The van der Waals surface area contributed by atoms with Crippen molar-refractivity contribution in [3.8, 4) is 0 Å². The maximum absolute atomic E-state index is 14.2. The molecular weight excluding hydrogens is 437 g/mol. The van der Waals surface area contributed by atoms with Crippen LogP contribution < -0.4 is 5.32 Å². The van der Waals surface area contributed by atoms with Crippen LogP contribution in [0.2, 0.25) is 5.02 Å². The van der Waals surface area contributed by atoms with Crippen LogP contribution in [0.15, 0.2) is 42.5 Å². The first-order valence-corrected chi connectivity index (χ1v) is 12.7. The van der Waals surface area contributed by atoms with E-state index in [1.165, 1.54) is 50.4 Å². The predicted octanol–water partition coefficient (Wildman–Crippen LogP) is 5.38. The molecule has 2 heterocycles. The number of halogens is 2. The summed E-state index contributed by atoms with van der Waals surface area (Å²) in [7, 11) is 0. The molecule has 2 aliphatic rings. The largest absolute Gasteiger partial charge is 0.352 e. The van der Waals surface area contributed by atoms with Crippen LogP contribution in [-0.2, 0) is 24.4 Å². The fraction of sp³-hybridized carbons (Fsp3) is 0.519. The van der Waals surface area contributed by atoms with Gasteiger partial charge < -0.3 is 5.32 Å². The smallest absolute Gasteiger partial charge is 0.224 e. The quantitative estimate of drug-likeness (QED) is 0.588. The van der Waals surface area contributed by atoms with Crippen molar-refractivity contribution in [2.24, 2.45) is 5.92 Å². The Morgan fingerprint density at radius 3 is 2.33 bits per heavy atom. The molecule has 1 atom stereocenters. The highest BCUT2D eigenvalue weighted by atomic mass is 35.5. The molecule has 178 valence electrons. The first kappa shape index (κ1) is 24.2. The van der Waals surface area contributed by atoms with Gasteiger partial charge in [0.15, 0.2) is 0 Å². The summed E-state index contributed by atoms with van der Waals surface area (Å²) in [4.78, 5) is 17.5. The molecule has 2 aliphatic heterocycles. The Kier molecular flexibility index (Phi) is 8.76. The van der Waals surface area contributed by atoms with E-state index in [2.05, 4.69) is 39.4 Å². The molecule has 0 radical (unpaired) electrons.